The van der Waals surface area contributed by atoms with E-state index in [1.165, 1.54) is 37.6 Å². The normalized spacial score (nSPS) is 11.3. The summed E-state index contributed by atoms with van der Waals surface area (Å²) >= 11 is 0. The molecule has 1 N–H and O–H groups in total. The highest BCUT2D eigenvalue weighted by atomic mass is 19.4. The zero-order valence-electron chi connectivity index (χ0n) is 15.5. The Hall–Kier alpha value is -3.67. The SMILES string of the molecule is CON(Cc1ccc(-c2noc(C(F)(F)F)n2)cc1)C(=O)C(=O)NCc1ccco1. The summed E-state index contributed by atoms with van der Waals surface area (Å²) < 4.78 is 46.9. The third kappa shape index (κ3) is 5.03. The summed E-state index contributed by atoms with van der Waals surface area (Å²) in [5.41, 5.74) is 0.830. The zero-order valence-corrected chi connectivity index (χ0v) is 15.5. The summed E-state index contributed by atoms with van der Waals surface area (Å²) in [6.45, 7) is -0.0434. The van der Waals surface area contributed by atoms with Gasteiger partial charge in [0.2, 0.25) is 5.82 Å². The Bertz CT molecular complexity index is 1000. The number of hydrogen-bond donors (Lipinski definition) is 1. The number of halogens is 3. The monoisotopic (exact) mass is 424 g/mol. The number of hydroxylamine groups is 2. The maximum atomic E-state index is 12.6. The molecule has 2 amide bonds. The summed E-state index contributed by atoms with van der Waals surface area (Å²) in [4.78, 5) is 32.5. The molecule has 0 radical (unpaired) electrons. The number of benzene rings is 1. The maximum absolute atomic E-state index is 12.6. The molecule has 0 atom stereocenters. The van der Waals surface area contributed by atoms with Crippen molar-refractivity contribution in [3.8, 4) is 11.4 Å². The first-order valence-electron chi connectivity index (χ1n) is 8.44. The largest absolute Gasteiger partial charge is 0.471 e. The van der Waals surface area contributed by atoms with Crippen LogP contribution < -0.4 is 5.32 Å². The molecule has 158 valence electrons. The molecule has 0 aliphatic carbocycles. The molecule has 0 aliphatic rings. The molecule has 0 spiro atoms. The minimum atomic E-state index is -4.73. The van der Waals surface area contributed by atoms with Gasteiger partial charge in [0.05, 0.1) is 26.5 Å². The van der Waals surface area contributed by atoms with Crippen LogP contribution in [0.4, 0.5) is 13.2 Å². The Kier molecular flexibility index (Phi) is 6.16. The minimum absolute atomic E-state index is 0.0361. The maximum Gasteiger partial charge on any atom is 0.471 e. The molecule has 30 heavy (non-hydrogen) atoms. The first kappa shape index (κ1) is 21.0. The van der Waals surface area contributed by atoms with Crippen LogP contribution in [0, 0.1) is 0 Å². The molecule has 2 heterocycles. The highest BCUT2D eigenvalue weighted by Gasteiger charge is 2.38. The van der Waals surface area contributed by atoms with Gasteiger partial charge >= 0.3 is 23.9 Å². The molecule has 9 nitrogen and oxygen atoms in total. The van der Waals surface area contributed by atoms with Crippen LogP contribution in [-0.2, 0) is 33.7 Å². The van der Waals surface area contributed by atoms with Crippen molar-refractivity contribution in [3.63, 3.8) is 0 Å². The van der Waals surface area contributed by atoms with Gasteiger partial charge in [0.1, 0.15) is 5.76 Å². The molecule has 0 fully saturated rings. The number of furan rings is 1. The van der Waals surface area contributed by atoms with Gasteiger partial charge in [-0.05, 0) is 17.7 Å². The lowest BCUT2D eigenvalue weighted by molar-refractivity contribution is -0.182. The number of alkyl halides is 3. The van der Waals surface area contributed by atoms with Crippen LogP contribution >= 0.6 is 0 Å². The third-order valence-corrected chi connectivity index (χ3v) is 3.85. The van der Waals surface area contributed by atoms with Crippen molar-refractivity contribution in [3.05, 3.63) is 59.9 Å². The van der Waals surface area contributed by atoms with Crippen molar-refractivity contribution in [2.45, 2.75) is 19.3 Å². The molecular formula is C18H15F3N4O5. The number of hydrogen-bond acceptors (Lipinski definition) is 7. The summed E-state index contributed by atoms with van der Waals surface area (Å²) in [5.74, 6) is -3.02. The lowest BCUT2D eigenvalue weighted by Gasteiger charge is -2.19. The Morgan fingerprint density at radius 2 is 1.93 bits per heavy atom. The Labute approximate surface area is 167 Å². The predicted octanol–water partition coefficient (Wildman–Crippen LogP) is 2.55. The van der Waals surface area contributed by atoms with E-state index in [1.54, 1.807) is 12.1 Å². The molecule has 0 unspecified atom stereocenters. The summed E-state index contributed by atoms with van der Waals surface area (Å²) in [5, 5.41) is 6.54. The first-order valence-corrected chi connectivity index (χ1v) is 8.44. The number of carbonyl (C=O) groups excluding carboxylic acids is 2. The van der Waals surface area contributed by atoms with Gasteiger partial charge in [-0.2, -0.15) is 18.2 Å². The van der Waals surface area contributed by atoms with Gasteiger partial charge in [-0.3, -0.25) is 14.4 Å². The van der Waals surface area contributed by atoms with Gasteiger partial charge in [-0.25, -0.2) is 5.06 Å². The first-order chi connectivity index (χ1) is 14.3. The van der Waals surface area contributed by atoms with Crippen molar-refractivity contribution < 1.29 is 36.5 Å². The highest BCUT2D eigenvalue weighted by Crippen LogP contribution is 2.29. The second-order valence-corrected chi connectivity index (χ2v) is 5.90. The molecule has 3 aromatic rings. The van der Waals surface area contributed by atoms with Gasteiger partial charge in [0.25, 0.3) is 0 Å². The van der Waals surface area contributed by atoms with E-state index in [4.69, 9.17) is 9.25 Å². The molecule has 3 rings (SSSR count). The van der Waals surface area contributed by atoms with Crippen LogP contribution in [0.25, 0.3) is 11.4 Å². The van der Waals surface area contributed by atoms with E-state index in [9.17, 15) is 22.8 Å². The van der Waals surface area contributed by atoms with Gasteiger partial charge in [0.15, 0.2) is 0 Å². The van der Waals surface area contributed by atoms with Crippen molar-refractivity contribution in [1.29, 1.82) is 0 Å². The Balaban J connectivity index is 1.62. The van der Waals surface area contributed by atoms with E-state index in [2.05, 4.69) is 20.0 Å². The van der Waals surface area contributed by atoms with Gasteiger partial charge < -0.3 is 14.3 Å². The van der Waals surface area contributed by atoms with E-state index in [-0.39, 0.29) is 24.5 Å². The summed E-state index contributed by atoms with van der Waals surface area (Å²) in [6, 6.07) is 9.25. The standard InChI is InChI=1S/C18H15F3N4O5/c1-28-25(16(27)15(26)22-9-13-3-2-8-29-13)10-11-4-6-12(7-5-11)14-23-17(30-24-14)18(19,20)21/h2-8H,9-10H2,1H3,(H,22,26). The molecule has 12 heteroatoms. The number of nitrogens with zero attached hydrogens (tertiary/aromatic N) is 3. The fourth-order valence-electron chi connectivity index (χ4n) is 2.37. The van der Waals surface area contributed by atoms with Gasteiger partial charge in [-0.15, -0.1) is 0 Å². The van der Waals surface area contributed by atoms with Crippen LogP contribution in [0.5, 0.6) is 0 Å². The van der Waals surface area contributed by atoms with Crippen LogP contribution in [0.1, 0.15) is 17.2 Å². The van der Waals surface area contributed by atoms with Gasteiger partial charge in [-0.1, -0.05) is 29.4 Å². The molecular weight excluding hydrogens is 409 g/mol. The number of amides is 2. The molecule has 0 saturated heterocycles. The molecule has 0 aliphatic heterocycles. The summed E-state index contributed by atoms with van der Waals surface area (Å²) in [7, 11) is 1.23. The highest BCUT2D eigenvalue weighted by molar-refractivity contribution is 6.34. The van der Waals surface area contributed by atoms with Crippen LogP contribution in [-0.4, -0.2) is 34.1 Å². The van der Waals surface area contributed by atoms with Crippen molar-refractivity contribution in [2.75, 3.05) is 7.11 Å². The average Bonchev–Trinajstić information content (AvgIpc) is 3.42. The van der Waals surface area contributed by atoms with Crippen molar-refractivity contribution >= 4 is 11.8 Å². The molecule has 2 aromatic heterocycles. The number of nitrogens with one attached hydrogen (secondary N) is 1. The van der Waals surface area contributed by atoms with Crippen LogP contribution in [0.2, 0.25) is 0 Å². The summed E-state index contributed by atoms with van der Waals surface area (Å²) in [6.07, 6.45) is -3.30. The fraction of sp³-hybridized carbons (Fsp3) is 0.222. The van der Waals surface area contributed by atoms with E-state index in [0.717, 1.165) is 5.06 Å². The topological polar surface area (TPSA) is 111 Å². The van der Waals surface area contributed by atoms with E-state index >= 15 is 0 Å². The fourth-order valence-corrected chi connectivity index (χ4v) is 2.37. The average molecular weight is 424 g/mol. The number of aromatic nitrogens is 2. The Morgan fingerprint density at radius 3 is 2.50 bits per heavy atom. The van der Waals surface area contributed by atoms with E-state index in [0.29, 0.717) is 11.3 Å². The third-order valence-electron chi connectivity index (χ3n) is 3.85. The van der Waals surface area contributed by atoms with Crippen LogP contribution in [0.15, 0.2) is 51.6 Å². The smallest absolute Gasteiger partial charge is 0.467 e. The number of rotatable bonds is 6. The molecule has 0 bridgehead atoms. The van der Waals surface area contributed by atoms with Crippen LogP contribution in [0.3, 0.4) is 0 Å². The Morgan fingerprint density at radius 1 is 1.20 bits per heavy atom. The lowest BCUT2D eigenvalue weighted by atomic mass is 10.1. The lowest BCUT2D eigenvalue weighted by Crippen LogP contribution is -2.41. The molecule has 0 saturated carbocycles. The predicted molar refractivity (Wildman–Crippen MR) is 92.8 cm³/mol. The second kappa shape index (κ2) is 8.78. The van der Waals surface area contributed by atoms with E-state index < -0.39 is 23.9 Å². The van der Waals surface area contributed by atoms with Crippen molar-refractivity contribution in [1.82, 2.24) is 20.5 Å². The van der Waals surface area contributed by atoms with Gasteiger partial charge in [0, 0.05) is 5.56 Å². The number of carbonyl (C=O) groups is 2. The zero-order chi connectivity index (χ0) is 21.7. The molecule has 1 aromatic carbocycles. The second-order valence-electron chi connectivity index (χ2n) is 5.90. The van der Waals surface area contributed by atoms with E-state index in [1.807, 2.05) is 0 Å². The quantitative estimate of drug-likeness (QED) is 0.478. The minimum Gasteiger partial charge on any atom is -0.467 e. The van der Waals surface area contributed by atoms with Crippen molar-refractivity contribution in [2.24, 2.45) is 0 Å².